The summed E-state index contributed by atoms with van der Waals surface area (Å²) in [6.45, 7) is 2.03. The molecule has 0 unspecified atom stereocenters. The Kier molecular flexibility index (Phi) is 2.81. The number of anilines is 1. The highest BCUT2D eigenvalue weighted by Crippen LogP contribution is 2.09. The van der Waals surface area contributed by atoms with Gasteiger partial charge in [0.05, 0.1) is 6.20 Å². The summed E-state index contributed by atoms with van der Waals surface area (Å²) >= 11 is 1.53. The monoisotopic (exact) mass is 168 g/mol. The van der Waals surface area contributed by atoms with Gasteiger partial charge >= 0.3 is 0 Å². The van der Waals surface area contributed by atoms with E-state index in [2.05, 4.69) is 9.82 Å². The summed E-state index contributed by atoms with van der Waals surface area (Å²) in [4.78, 5) is 0. The Labute approximate surface area is 69.3 Å². The van der Waals surface area contributed by atoms with E-state index < -0.39 is 0 Å². The van der Waals surface area contributed by atoms with Gasteiger partial charge in [-0.05, 0) is 0 Å². The van der Waals surface area contributed by atoms with Crippen LogP contribution in [0, 0.1) is 11.5 Å². The fourth-order valence-corrected chi connectivity index (χ4v) is 1.05. The number of aromatic nitrogens is 2. The predicted octanol–water partition coefficient (Wildman–Crippen LogP) is 1.29. The van der Waals surface area contributed by atoms with Gasteiger partial charge in [-0.1, -0.05) is 18.9 Å². The molecule has 0 fully saturated rings. The third-order valence-corrected chi connectivity index (χ3v) is 1.70. The van der Waals surface area contributed by atoms with Gasteiger partial charge in [0.25, 0.3) is 0 Å². The highest BCUT2D eigenvalue weighted by Gasteiger charge is 1.97. The first-order chi connectivity index (χ1) is 5.38. The average molecular weight is 168 g/mol. The number of nitriles is 1. The summed E-state index contributed by atoms with van der Waals surface area (Å²) in [5, 5.41) is 12.3. The Morgan fingerprint density at radius 3 is 3.36 bits per heavy atom. The number of rotatable bonds is 3. The molecule has 0 aliphatic rings. The topological polar surface area (TPSA) is 53.6 Å². The number of nitrogens with one attached hydrogen (secondary N) is 1. The molecule has 1 aromatic heterocycles. The third-order valence-electron chi connectivity index (χ3n) is 1.06. The molecule has 0 saturated heterocycles. The van der Waals surface area contributed by atoms with Crippen LogP contribution in [-0.4, -0.2) is 15.5 Å². The van der Waals surface area contributed by atoms with Crippen LogP contribution in [0.1, 0.15) is 6.92 Å². The lowest BCUT2D eigenvalue weighted by molar-refractivity contribution is 0.908. The van der Waals surface area contributed by atoms with E-state index in [9.17, 15) is 0 Å². The molecule has 1 aromatic rings. The van der Waals surface area contributed by atoms with Crippen LogP contribution < -0.4 is 4.72 Å². The van der Waals surface area contributed by atoms with Crippen LogP contribution in [0.5, 0.6) is 0 Å². The van der Waals surface area contributed by atoms with E-state index >= 15 is 0 Å². The minimum absolute atomic E-state index is 0.722. The lowest BCUT2D eigenvalue weighted by Crippen LogP contribution is -1.96. The smallest absolute Gasteiger partial charge is 0.208 e. The van der Waals surface area contributed by atoms with Crippen LogP contribution >= 0.6 is 11.9 Å². The first-order valence-corrected chi connectivity index (χ1v) is 4.19. The van der Waals surface area contributed by atoms with Gasteiger partial charge in [-0.2, -0.15) is 10.4 Å². The van der Waals surface area contributed by atoms with E-state index in [1.807, 2.05) is 13.1 Å². The van der Waals surface area contributed by atoms with Crippen molar-refractivity contribution in [3.63, 3.8) is 0 Å². The first kappa shape index (κ1) is 7.95. The van der Waals surface area contributed by atoms with Gasteiger partial charge in [0.15, 0.2) is 5.82 Å². The molecular formula is C6H8N4S. The zero-order valence-electron chi connectivity index (χ0n) is 6.11. The van der Waals surface area contributed by atoms with Gasteiger partial charge in [0.1, 0.15) is 0 Å². The molecule has 0 atom stereocenters. The second-order valence-electron chi connectivity index (χ2n) is 1.76. The van der Waals surface area contributed by atoms with Crippen LogP contribution in [-0.2, 0) is 0 Å². The SMILES string of the molecule is CCSNc1ccnn1C#N. The van der Waals surface area contributed by atoms with Crippen molar-refractivity contribution >= 4 is 17.8 Å². The number of nitrogens with zero attached hydrogens (tertiary/aromatic N) is 3. The second kappa shape index (κ2) is 3.88. The molecule has 0 radical (unpaired) electrons. The minimum atomic E-state index is 0.722. The van der Waals surface area contributed by atoms with E-state index in [-0.39, 0.29) is 0 Å². The average Bonchev–Trinajstić information content (AvgIpc) is 2.47. The lowest BCUT2D eigenvalue weighted by atomic mass is 10.7. The molecule has 0 bridgehead atoms. The molecule has 11 heavy (non-hydrogen) atoms. The number of hydrogen-bond acceptors (Lipinski definition) is 4. The molecule has 0 saturated carbocycles. The molecule has 58 valence electrons. The lowest BCUT2D eigenvalue weighted by Gasteiger charge is -1.99. The molecule has 1 rings (SSSR count). The fraction of sp³-hybridized carbons (Fsp3) is 0.333. The fourth-order valence-electron chi connectivity index (χ4n) is 0.606. The summed E-state index contributed by atoms with van der Waals surface area (Å²) < 4.78 is 4.23. The van der Waals surface area contributed by atoms with Crippen LogP contribution in [0.15, 0.2) is 12.3 Å². The molecule has 0 aromatic carbocycles. The molecule has 0 aliphatic heterocycles. The van der Waals surface area contributed by atoms with Crippen LogP contribution in [0.3, 0.4) is 0 Å². The highest BCUT2D eigenvalue weighted by atomic mass is 32.2. The molecular weight excluding hydrogens is 160 g/mol. The van der Waals surface area contributed by atoms with Crippen molar-refractivity contribution in [2.24, 2.45) is 0 Å². The molecule has 4 nitrogen and oxygen atoms in total. The van der Waals surface area contributed by atoms with Gasteiger partial charge in [-0.25, -0.2) is 0 Å². The zero-order chi connectivity index (χ0) is 8.10. The van der Waals surface area contributed by atoms with Crippen molar-refractivity contribution in [2.75, 3.05) is 10.5 Å². The van der Waals surface area contributed by atoms with Crippen molar-refractivity contribution in [3.8, 4) is 6.19 Å². The largest absolute Gasteiger partial charge is 0.314 e. The maximum absolute atomic E-state index is 8.51. The summed E-state index contributed by atoms with van der Waals surface area (Å²) in [5.74, 6) is 1.68. The van der Waals surface area contributed by atoms with E-state index in [1.165, 1.54) is 16.6 Å². The van der Waals surface area contributed by atoms with Crippen molar-refractivity contribution in [3.05, 3.63) is 12.3 Å². The molecule has 5 heteroatoms. The standard InChI is InChI=1S/C6H8N4S/c1-2-11-9-6-3-4-8-10(6)5-7/h3-4,9H,2H2,1H3. The van der Waals surface area contributed by atoms with Crippen molar-refractivity contribution in [1.82, 2.24) is 9.78 Å². The van der Waals surface area contributed by atoms with Gasteiger partial charge < -0.3 is 4.72 Å². The van der Waals surface area contributed by atoms with E-state index in [1.54, 1.807) is 12.3 Å². The zero-order valence-corrected chi connectivity index (χ0v) is 6.93. The van der Waals surface area contributed by atoms with E-state index in [0.717, 1.165) is 11.6 Å². The van der Waals surface area contributed by atoms with Crippen molar-refractivity contribution in [1.29, 1.82) is 5.26 Å². The quantitative estimate of drug-likeness (QED) is 0.691. The Hall–Kier alpha value is -1.15. The maximum atomic E-state index is 8.51. The maximum Gasteiger partial charge on any atom is 0.208 e. The normalized spacial score (nSPS) is 9.09. The second-order valence-corrected chi connectivity index (χ2v) is 2.83. The van der Waals surface area contributed by atoms with Gasteiger partial charge in [-0.3, -0.25) is 0 Å². The van der Waals surface area contributed by atoms with Crippen molar-refractivity contribution < 1.29 is 0 Å². The molecule has 1 N–H and O–H groups in total. The third kappa shape index (κ3) is 1.88. The van der Waals surface area contributed by atoms with Crippen LogP contribution in [0.2, 0.25) is 0 Å². The minimum Gasteiger partial charge on any atom is -0.314 e. The summed E-state index contributed by atoms with van der Waals surface area (Å²) in [6.07, 6.45) is 3.50. The van der Waals surface area contributed by atoms with E-state index in [0.29, 0.717) is 0 Å². The van der Waals surface area contributed by atoms with Crippen molar-refractivity contribution in [2.45, 2.75) is 6.92 Å². The summed E-state index contributed by atoms with van der Waals surface area (Å²) in [6, 6.07) is 1.76. The van der Waals surface area contributed by atoms with Crippen LogP contribution in [0.25, 0.3) is 0 Å². The van der Waals surface area contributed by atoms with Gasteiger partial charge in [-0.15, -0.1) is 4.68 Å². The van der Waals surface area contributed by atoms with Gasteiger partial charge in [0, 0.05) is 11.8 Å². The molecule has 0 amide bonds. The Morgan fingerprint density at radius 1 is 1.91 bits per heavy atom. The number of hydrogen-bond donors (Lipinski definition) is 1. The molecule has 1 heterocycles. The molecule has 0 aliphatic carbocycles. The Morgan fingerprint density at radius 2 is 2.73 bits per heavy atom. The highest BCUT2D eigenvalue weighted by molar-refractivity contribution is 8.00. The summed E-state index contributed by atoms with van der Waals surface area (Å²) in [7, 11) is 0. The van der Waals surface area contributed by atoms with Gasteiger partial charge in [0.2, 0.25) is 6.19 Å². The molecule has 0 spiro atoms. The Balaban J connectivity index is 2.63. The van der Waals surface area contributed by atoms with Crippen LogP contribution in [0.4, 0.5) is 5.82 Å². The van der Waals surface area contributed by atoms with E-state index in [4.69, 9.17) is 5.26 Å². The Bertz CT molecular complexity index is 262. The predicted molar refractivity (Wildman–Crippen MR) is 45.0 cm³/mol. The first-order valence-electron chi connectivity index (χ1n) is 3.20. The summed E-state index contributed by atoms with van der Waals surface area (Å²) in [5.41, 5.74) is 0.